The molecule has 0 bridgehead atoms. The van der Waals surface area contributed by atoms with Crippen molar-refractivity contribution < 1.29 is 14.3 Å². The van der Waals surface area contributed by atoms with E-state index in [-0.39, 0.29) is 18.9 Å². The number of rotatable bonds is 7. The minimum Gasteiger partial charge on any atom is -0.483 e. The molecular weight excluding hydrogens is 605 g/mol. The molecular formula is C19H18Br2IN3O3. The van der Waals surface area contributed by atoms with Crippen LogP contribution < -0.4 is 15.5 Å². The summed E-state index contributed by atoms with van der Waals surface area (Å²) in [5.74, 6) is -0.0551. The number of hydrogen-bond donors (Lipinski definition) is 2. The maximum atomic E-state index is 12.0. The SMILES string of the molecule is CC(CC(=O)Nc1ccc(I)cc1)=NNC(=O)COc1cc(C)c(Br)cc1Br. The smallest absolute Gasteiger partial charge is 0.277 e. The van der Waals surface area contributed by atoms with Crippen LogP contribution in [0.1, 0.15) is 18.9 Å². The first-order valence-electron chi connectivity index (χ1n) is 8.20. The number of carbonyl (C=O) groups excluding carboxylic acids is 2. The molecule has 0 spiro atoms. The van der Waals surface area contributed by atoms with Gasteiger partial charge in [0.25, 0.3) is 5.91 Å². The van der Waals surface area contributed by atoms with Crippen molar-refractivity contribution in [3.8, 4) is 5.75 Å². The maximum Gasteiger partial charge on any atom is 0.277 e. The molecule has 2 aromatic carbocycles. The van der Waals surface area contributed by atoms with E-state index in [0.717, 1.165) is 18.1 Å². The molecule has 2 aromatic rings. The molecule has 9 heteroatoms. The molecule has 0 unspecified atom stereocenters. The lowest BCUT2D eigenvalue weighted by Gasteiger charge is -2.10. The van der Waals surface area contributed by atoms with Gasteiger partial charge in [0, 0.05) is 19.4 Å². The lowest BCUT2D eigenvalue weighted by molar-refractivity contribution is -0.123. The van der Waals surface area contributed by atoms with Gasteiger partial charge in [-0.2, -0.15) is 5.10 Å². The van der Waals surface area contributed by atoms with E-state index in [1.54, 1.807) is 6.92 Å². The van der Waals surface area contributed by atoms with Crippen molar-refractivity contribution in [2.45, 2.75) is 20.3 Å². The fourth-order valence-electron chi connectivity index (χ4n) is 2.09. The molecule has 6 nitrogen and oxygen atoms in total. The Labute approximate surface area is 193 Å². The topological polar surface area (TPSA) is 79.8 Å². The van der Waals surface area contributed by atoms with Crippen molar-refractivity contribution in [2.24, 2.45) is 5.10 Å². The zero-order chi connectivity index (χ0) is 20.7. The highest BCUT2D eigenvalue weighted by atomic mass is 127. The number of amides is 2. The third-order valence-electron chi connectivity index (χ3n) is 3.49. The second-order valence-electron chi connectivity index (χ2n) is 5.93. The first-order chi connectivity index (χ1) is 13.2. The van der Waals surface area contributed by atoms with Gasteiger partial charge in [-0.1, -0.05) is 15.9 Å². The van der Waals surface area contributed by atoms with Gasteiger partial charge in [0.05, 0.1) is 10.9 Å². The number of carbonyl (C=O) groups is 2. The minimum atomic E-state index is -0.412. The van der Waals surface area contributed by atoms with Crippen LogP contribution in [0, 0.1) is 10.5 Å². The molecule has 0 aromatic heterocycles. The van der Waals surface area contributed by atoms with Crippen molar-refractivity contribution >= 4 is 77.7 Å². The minimum absolute atomic E-state index is 0.0740. The van der Waals surface area contributed by atoms with Gasteiger partial charge in [0.2, 0.25) is 5.91 Å². The maximum absolute atomic E-state index is 12.0. The van der Waals surface area contributed by atoms with Crippen LogP contribution in [0.2, 0.25) is 0 Å². The third kappa shape index (κ3) is 7.51. The molecule has 0 aliphatic rings. The Kier molecular flexibility index (Phi) is 8.90. The number of benzene rings is 2. The molecule has 0 aliphatic carbocycles. The number of halogens is 3. The Balaban J connectivity index is 1.80. The van der Waals surface area contributed by atoms with Gasteiger partial charge in [-0.05, 0) is 94.3 Å². The van der Waals surface area contributed by atoms with E-state index in [4.69, 9.17) is 4.74 Å². The van der Waals surface area contributed by atoms with E-state index >= 15 is 0 Å². The van der Waals surface area contributed by atoms with E-state index in [0.29, 0.717) is 17.1 Å². The lowest BCUT2D eigenvalue weighted by Crippen LogP contribution is -2.26. The predicted octanol–water partition coefficient (Wildman–Crippen LogP) is 5.02. The monoisotopic (exact) mass is 621 g/mol. The summed E-state index contributed by atoms with van der Waals surface area (Å²) in [6, 6.07) is 11.1. The molecule has 2 N–H and O–H groups in total. The van der Waals surface area contributed by atoms with Crippen LogP contribution in [0.25, 0.3) is 0 Å². The Morgan fingerprint density at radius 1 is 1.11 bits per heavy atom. The quantitative estimate of drug-likeness (QED) is 0.259. The van der Waals surface area contributed by atoms with Crippen LogP contribution in [0.4, 0.5) is 5.69 Å². The van der Waals surface area contributed by atoms with Gasteiger partial charge in [-0.3, -0.25) is 9.59 Å². The largest absolute Gasteiger partial charge is 0.483 e. The summed E-state index contributed by atoms with van der Waals surface area (Å²) in [6.07, 6.45) is 0.0740. The highest BCUT2D eigenvalue weighted by Crippen LogP contribution is 2.31. The fourth-order valence-corrected chi connectivity index (χ4v) is 3.55. The summed E-state index contributed by atoms with van der Waals surface area (Å²) in [7, 11) is 0. The Morgan fingerprint density at radius 2 is 1.79 bits per heavy atom. The van der Waals surface area contributed by atoms with Gasteiger partial charge < -0.3 is 10.1 Å². The average Bonchev–Trinajstić information content (AvgIpc) is 2.63. The highest BCUT2D eigenvalue weighted by molar-refractivity contribution is 14.1. The van der Waals surface area contributed by atoms with Crippen molar-refractivity contribution in [1.82, 2.24) is 5.43 Å². The molecule has 2 rings (SSSR count). The van der Waals surface area contributed by atoms with Crippen molar-refractivity contribution in [2.75, 3.05) is 11.9 Å². The molecule has 0 heterocycles. The van der Waals surface area contributed by atoms with Crippen molar-refractivity contribution in [3.63, 3.8) is 0 Å². The summed E-state index contributed by atoms with van der Waals surface area (Å²) < 4.78 is 8.28. The van der Waals surface area contributed by atoms with Crippen molar-refractivity contribution in [3.05, 3.63) is 54.5 Å². The molecule has 0 fully saturated rings. The van der Waals surface area contributed by atoms with Crippen molar-refractivity contribution in [1.29, 1.82) is 0 Å². The van der Waals surface area contributed by atoms with Gasteiger partial charge in [-0.15, -0.1) is 0 Å². The lowest BCUT2D eigenvalue weighted by atomic mass is 10.2. The second kappa shape index (κ2) is 10.9. The average molecular weight is 623 g/mol. The van der Waals surface area contributed by atoms with Crippen LogP contribution in [0.5, 0.6) is 5.75 Å². The Hall–Kier alpha value is -1.46. The summed E-state index contributed by atoms with van der Waals surface area (Å²) in [4.78, 5) is 23.9. The van der Waals surface area contributed by atoms with Gasteiger partial charge >= 0.3 is 0 Å². The zero-order valence-corrected chi connectivity index (χ0v) is 20.5. The number of anilines is 1. The molecule has 0 saturated heterocycles. The van der Waals surface area contributed by atoms with E-state index in [1.165, 1.54) is 0 Å². The molecule has 148 valence electrons. The molecule has 0 radical (unpaired) electrons. The zero-order valence-electron chi connectivity index (χ0n) is 15.2. The highest BCUT2D eigenvalue weighted by Gasteiger charge is 2.09. The molecule has 0 saturated carbocycles. The summed E-state index contributed by atoms with van der Waals surface area (Å²) >= 11 is 9.02. The van der Waals surface area contributed by atoms with Crippen LogP contribution in [-0.2, 0) is 9.59 Å². The van der Waals surface area contributed by atoms with Crippen LogP contribution in [0.15, 0.2) is 50.4 Å². The first kappa shape index (κ1) is 22.8. The Morgan fingerprint density at radius 3 is 2.46 bits per heavy atom. The van der Waals surface area contributed by atoms with E-state index in [2.05, 4.69) is 70.3 Å². The third-order valence-corrected chi connectivity index (χ3v) is 5.68. The summed E-state index contributed by atoms with van der Waals surface area (Å²) in [5, 5.41) is 6.72. The van der Waals surface area contributed by atoms with E-state index < -0.39 is 5.91 Å². The normalized spacial score (nSPS) is 11.1. The van der Waals surface area contributed by atoms with E-state index in [9.17, 15) is 9.59 Å². The molecule has 0 atom stereocenters. The second-order valence-corrected chi connectivity index (χ2v) is 8.89. The number of ether oxygens (including phenoxy) is 1. The van der Waals surface area contributed by atoms with Gasteiger partial charge in [0.1, 0.15) is 5.75 Å². The number of hydrazone groups is 1. The fraction of sp³-hybridized carbons (Fsp3) is 0.211. The van der Waals surface area contributed by atoms with Crippen LogP contribution >= 0.6 is 54.5 Å². The summed E-state index contributed by atoms with van der Waals surface area (Å²) in [6.45, 7) is 3.41. The number of nitrogens with one attached hydrogen (secondary N) is 2. The summed E-state index contributed by atoms with van der Waals surface area (Å²) in [5.41, 5.74) is 4.58. The number of hydrogen-bond acceptors (Lipinski definition) is 4. The number of aryl methyl sites for hydroxylation is 1. The van der Waals surface area contributed by atoms with E-state index in [1.807, 2.05) is 43.3 Å². The predicted molar refractivity (Wildman–Crippen MR) is 126 cm³/mol. The van der Waals surface area contributed by atoms with Crippen LogP contribution in [-0.4, -0.2) is 24.1 Å². The molecule has 2 amide bonds. The first-order valence-corrected chi connectivity index (χ1v) is 10.9. The number of nitrogens with zero attached hydrogens (tertiary/aromatic N) is 1. The molecule has 28 heavy (non-hydrogen) atoms. The Bertz CT molecular complexity index is 902. The molecule has 0 aliphatic heterocycles. The van der Waals surface area contributed by atoms with Gasteiger partial charge in [0.15, 0.2) is 6.61 Å². The standard InChI is InChI=1S/C19H18Br2IN3O3/c1-11-7-17(16(21)9-15(11)20)28-10-19(27)25-24-12(2)8-18(26)23-14-5-3-13(22)4-6-14/h3-7,9H,8,10H2,1-2H3,(H,23,26)(H,25,27). The van der Waals surface area contributed by atoms with Gasteiger partial charge in [-0.25, -0.2) is 5.43 Å². The van der Waals surface area contributed by atoms with Crippen LogP contribution in [0.3, 0.4) is 0 Å².